The number of aliphatic hydroxyl groups is 1. The second-order valence-corrected chi connectivity index (χ2v) is 8.63. The molecule has 1 amide bonds. The van der Waals surface area contributed by atoms with Crippen LogP contribution in [0.25, 0.3) is 5.65 Å². The molecule has 1 N–H and O–H groups in total. The van der Waals surface area contributed by atoms with Crippen molar-refractivity contribution in [3.8, 4) is 0 Å². The van der Waals surface area contributed by atoms with E-state index in [2.05, 4.69) is 15.0 Å². The smallest absolute Gasteiger partial charge is 0.255 e. The Balaban J connectivity index is 1.37. The third-order valence-electron chi connectivity index (χ3n) is 6.66. The van der Waals surface area contributed by atoms with Crippen LogP contribution in [0.15, 0.2) is 48.8 Å². The summed E-state index contributed by atoms with van der Waals surface area (Å²) in [6.45, 7) is 3.10. The SMILES string of the molecule is CC1CC(O)(C(=O)N2CCC[C@H]2c2ccccc2)CCN1c1ccnc2c(F)cnn12. The van der Waals surface area contributed by atoms with Gasteiger partial charge in [0.15, 0.2) is 11.5 Å². The fraction of sp³-hybridized carbons (Fsp3) is 0.435. The highest BCUT2D eigenvalue weighted by Gasteiger charge is 2.47. The van der Waals surface area contributed by atoms with Crippen LogP contribution < -0.4 is 4.90 Å². The summed E-state index contributed by atoms with van der Waals surface area (Å²) in [6.07, 6.45) is 5.16. The molecule has 0 spiro atoms. The van der Waals surface area contributed by atoms with E-state index < -0.39 is 11.4 Å². The quantitative estimate of drug-likeness (QED) is 0.701. The maximum absolute atomic E-state index is 13.9. The van der Waals surface area contributed by atoms with Gasteiger partial charge in [-0.2, -0.15) is 9.61 Å². The predicted octanol–water partition coefficient (Wildman–Crippen LogP) is 2.95. The van der Waals surface area contributed by atoms with Gasteiger partial charge in [-0.3, -0.25) is 4.79 Å². The summed E-state index contributed by atoms with van der Waals surface area (Å²) in [5.74, 6) is 0.0498. The van der Waals surface area contributed by atoms with Gasteiger partial charge in [0.25, 0.3) is 5.91 Å². The Bertz CT molecular complexity index is 1100. The van der Waals surface area contributed by atoms with Gasteiger partial charge < -0.3 is 14.9 Å². The highest BCUT2D eigenvalue weighted by Crippen LogP contribution is 2.38. The number of nitrogens with zero attached hydrogens (tertiary/aromatic N) is 5. The molecule has 2 fully saturated rings. The number of amides is 1. The largest absolute Gasteiger partial charge is 0.380 e. The first-order chi connectivity index (χ1) is 15.0. The average molecular weight is 423 g/mol. The summed E-state index contributed by atoms with van der Waals surface area (Å²) < 4.78 is 15.4. The van der Waals surface area contributed by atoms with Crippen molar-refractivity contribution in [2.45, 2.75) is 50.3 Å². The molecule has 2 aromatic heterocycles. The summed E-state index contributed by atoms with van der Waals surface area (Å²) in [7, 11) is 0. The minimum atomic E-state index is -1.41. The Morgan fingerprint density at radius 2 is 2.03 bits per heavy atom. The number of carbonyl (C=O) groups is 1. The summed E-state index contributed by atoms with van der Waals surface area (Å²) in [6, 6.07) is 11.7. The zero-order valence-electron chi connectivity index (χ0n) is 17.5. The highest BCUT2D eigenvalue weighted by molar-refractivity contribution is 5.86. The van der Waals surface area contributed by atoms with Crippen LogP contribution in [0.2, 0.25) is 0 Å². The van der Waals surface area contributed by atoms with Gasteiger partial charge in [-0.25, -0.2) is 9.37 Å². The number of anilines is 1. The van der Waals surface area contributed by atoms with E-state index in [1.807, 2.05) is 42.2 Å². The molecule has 0 bridgehead atoms. The molecular formula is C23H26FN5O2. The van der Waals surface area contributed by atoms with E-state index in [1.165, 1.54) is 4.52 Å². The Labute approximate surface area is 180 Å². The maximum atomic E-state index is 13.9. The first-order valence-corrected chi connectivity index (χ1v) is 10.8. The summed E-state index contributed by atoms with van der Waals surface area (Å²) >= 11 is 0. The number of rotatable bonds is 3. The van der Waals surface area contributed by atoms with E-state index in [0.717, 1.165) is 24.6 Å². The van der Waals surface area contributed by atoms with Crippen LogP contribution >= 0.6 is 0 Å². The van der Waals surface area contributed by atoms with Crippen molar-refractivity contribution < 1.29 is 14.3 Å². The molecule has 162 valence electrons. The molecule has 5 rings (SSSR count). The first-order valence-electron chi connectivity index (χ1n) is 10.8. The zero-order valence-corrected chi connectivity index (χ0v) is 17.5. The number of hydrogen-bond donors (Lipinski definition) is 1. The van der Waals surface area contributed by atoms with Gasteiger partial charge in [-0.1, -0.05) is 30.3 Å². The normalized spacial score (nSPS) is 26.5. The summed E-state index contributed by atoms with van der Waals surface area (Å²) in [5.41, 5.74) is -0.124. The molecule has 2 aliphatic heterocycles. The van der Waals surface area contributed by atoms with E-state index >= 15 is 0 Å². The van der Waals surface area contributed by atoms with Gasteiger partial charge in [0.2, 0.25) is 0 Å². The lowest BCUT2D eigenvalue weighted by Gasteiger charge is -2.44. The van der Waals surface area contributed by atoms with Crippen LogP contribution in [0.1, 0.15) is 44.2 Å². The first kappa shape index (κ1) is 19.9. The number of carbonyl (C=O) groups excluding carboxylic acids is 1. The molecule has 0 aliphatic carbocycles. The molecule has 3 atom stereocenters. The third-order valence-corrected chi connectivity index (χ3v) is 6.66. The Morgan fingerprint density at radius 1 is 1.23 bits per heavy atom. The minimum Gasteiger partial charge on any atom is -0.380 e. The molecule has 3 aromatic rings. The number of fused-ring (bicyclic) bond motifs is 1. The number of benzene rings is 1. The second kappa shape index (κ2) is 7.60. The number of halogens is 1. The lowest BCUT2D eigenvalue weighted by atomic mass is 9.85. The minimum absolute atomic E-state index is 0.0120. The van der Waals surface area contributed by atoms with Crippen LogP contribution in [0, 0.1) is 5.82 Å². The van der Waals surface area contributed by atoms with Gasteiger partial charge in [-0.15, -0.1) is 0 Å². The molecule has 4 heterocycles. The summed E-state index contributed by atoms with van der Waals surface area (Å²) in [4.78, 5) is 21.5. The van der Waals surface area contributed by atoms with Crippen LogP contribution in [0.4, 0.5) is 10.2 Å². The lowest BCUT2D eigenvalue weighted by Crippen LogP contribution is -2.57. The van der Waals surface area contributed by atoms with Gasteiger partial charge in [-0.05, 0) is 31.4 Å². The maximum Gasteiger partial charge on any atom is 0.255 e. The Morgan fingerprint density at radius 3 is 2.81 bits per heavy atom. The third kappa shape index (κ3) is 3.35. The van der Waals surface area contributed by atoms with E-state index in [4.69, 9.17) is 0 Å². The van der Waals surface area contributed by atoms with Crippen molar-refractivity contribution in [2.75, 3.05) is 18.0 Å². The van der Waals surface area contributed by atoms with Crippen LogP contribution in [-0.2, 0) is 4.79 Å². The van der Waals surface area contributed by atoms with Crippen molar-refractivity contribution in [2.24, 2.45) is 0 Å². The zero-order chi connectivity index (χ0) is 21.6. The van der Waals surface area contributed by atoms with E-state index in [-0.39, 0.29) is 23.6 Å². The van der Waals surface area contributed by atoms with E-state index in [9.17, 15) is 14.3 Å². The molecule has 2 aliphatic rings. The van der Waals surface area contributed by atoms with Crippen LogP contribution in [-0.4, -0.2) is 55.2 Å². The molecule has 31 heavy (non-hydrogen) atoms. The van der Waals surface area contributed by atoms with Gasteiger partial charge in [0.05, 0.1) is 12.2 Å². The summed E-state index contributed by atoms with van der Waals surface area (Å²) in [5, 5.41) is 15.5. The monoisotopic (exact) mass is 423 g/mol. The van der Waals surface area contributed by atoms with Crippen molar-refractivity contribution in [1.82, 2.24) is 19.5 Å². The Kier molecular flexibility index (Phi) is 4.89. The molecule has 1 aromatic carbocycles. The van der Waals surface area contributed by atoms with Crippen LogP contribution in [0.3, 0.4) is 0 Å². The van der Waals surface area contributed by atoms with Crippen molar-refractivity contribution in [3.05, 3.63) is 60.2 Å². The molecule has 8 heteroatoms. The Hall–Kier alpha value is -3.00. The van der Waals surface area contributed by atoms with E-state index in [1.54, 1.807) is 12.3 Å². The van der Waals surface area contributed by atoms with Gasteiger partial charge in [0, 0.05) is 38.2 Å². The van der Waals surface area contributed by atoms with Crippen LogP contribution in [0.5, 0.6) is 0 Å². The van der Waals surface area contributed by atoms with Crippen molar-refractivity contribution >= 4 is 17.4 Å². The molecule has 2 saturated heterocycles. The fourth-order valence-corrected chi connectivity index (χ4v) is 5.13. The van der Waals surface area contributed by atoms with Crippen molar-refractivity contribution in [3.63, 3.8) is 0 Å². The molecular weight excluding hydrogens is 397 g/mol. The number of likely N-dealkylation sites (tertiary alicyclic amines) is 1. The molecule has 0 saturated carbocycles. The molecule has 2 unspecified atom stereocenters. The van der Waals surface area contributed by atoms with Gasteiger partial charge in [0.1, 0.15) is 11.4 Å². The average Bonchev–Trinajstić information content (AvgIpc) is 3.41. The van der Waals surface area contributed by atoms with Crippen molar-refractivity contribution in [1.29, 1.82) is 0 Å². The topological polar surface area (TPSA) is 74.0 Å². The number of hydrogen-bond acceptors (Lipinski definition) is 5. The van der Waals surface area contributed by atoms with Gasteiger partial charge >= 0.3 is 0 Å². The highest BCUT2D eigenvalue weighted by atomic mass is 19.1. The van der Waals surface area contributed by atoms with E-state index in [0.29, 0.717) is 31.7 Å². The second-order valence-electron chi connectivity index (χ2n) is 8.63. The lowest BCUT2D eigenvalue weighted by molar-refractivity contribution is -0.155. The fourth-order valence-electron chi connectivity index (χ4n) is 5.13. The predicted molar refractivity (Wildman–Crippen MR) is 114 cm³/mol. The number of piperidine rings is 1. The number of aromatic nitrogens is 3. The molecule has 7 nitrogen and oxygen atoms in total. The standard InChI is InChI=1S/C23H26FN5O2/c1-16-14-23(31,22(30)28-12-5-8-19(28)17-6-3-2-4-7-17)10-13-27(16)20-9-11-25-21-18(24)15-26-29(20)21/h2-4,6-7,9,11,15-16,19,31H,5,8,10,12-14H2,1H3/t16?,19-,23?/m0/s1. The molecule has 0 radical (unpaired) electrons.